The van der Waals surface area contributed by atoms with E-state index < -0.39 is 0 Å². The molecule has 7 nitrogen and oxygen atoms in total. The summed E-state index contributed by atoms with van der Waals surface area (Å²) in [4.78, 5) is 20.0. The number of nitrogens with one attached hydrogen (secondary N) is 1. The standard InChI is InChI=1S/C19H21N5O2/c1-26-19(25)14-23-9-11-24(12-10-23)17-7-5-15(6-8-17)21-18-4-2-3-16(13-20)22-18/h2-8H,9-12,14H2,1H3,(H,21,22). The van der Waals surface area contributed by atoms with E-state index in [-0.39, 0.29) is 5.97 Å². The number of nitriles is 1. The maximum atomic E-state index is 11.4. The monoisotopic (exact) mass is 351 g/mol. The third-order valence-electron chi connectivity index (χ3n) is 4.32. The summed E-state index contributed by atoms with van der Waals surface area (Å²) >= 11 is 0. The molecule has 3 rings (SSSR count). The first kappa shape index (κ1) is 17.7. The predicted octanol–water partition coefficient (Wildman–Crippen LogP) is 1.99. The van der Waals surface area contributed by atoms with Gasteiger partial charge in [-0.2, -0.15) is 5.26 Å². The molecule has 1 aliphatic heterocycles. The Labute approximate surface area is 152 Å². The van der Waals surface area contributed by atoms with Crippen LogP contribution in [-0.4, -0.2) is 55.7 Å². The number of ether oxygens (including phenoxy) is 1. The highest BCUT2D eigenvalue weighted by Crippen LogP contribution is 2.21. The lowest BCUT2D eigenvalue weighted by atomic mass is 10.2. The molecule has 0 spiro atoms. The van der Waals surface area contributed by atoms with Crippen molar-refractivity contribution >= 4 is 23.2 Å². The molecule has 0 saturated carbocycles. The average molecular weight is 351 g/mol. The van der Waals surface area contributed by atoms with Crippen molar-refractivity contribution in [3.8, 4) is 6.07 Å². The van der Waals surface area contributed by atoms with Crippen molar-refractivity contribution in [3.05, 3.63) is 48.2 Å². The van der Waals surface area contributed by atoms with Gasteiger partial charge in [0.15, 0.2) is 0 Å². The first-order chi connectivity index (χ1) is 12.7. The number of rotatable bonds is 5. The number of carbonyl (C=O) groups excluding carboxylic acids is 1. The number of pyridine rings is 1. The summed E-state index contributed by atoms with van der Waals surface area (Å²) in [6.45, 7) is 3.76. The number of anilines is 3. The molecule has 0 amide bonds. The summed E-state index contributed by atoms with van der Waals surface area (Å²) in [6, 6.07) is 15.5. The van der Waals surface area contributed by atoms with Crippen LogP contribution in [0.1, 0.15) is 5.69 Å². The Bertz CT molecular complexity index is 792. The SMILES string of the molecule is COC(=O)CN1CCN(c2ccc(Nc3cccc(C#N)n3)cc2)CC1. The minimum Gasteiger partial charge on any atom is -0.468 e. The Morgan fingerprint density at radius 3 is 2.58 bits per heavy atom. The summed E-state index contributed by atoms with van der Waals surface area (Å²) in [6.07, 6.45) is 0. The zero-order chi connectivity index (χ0) is 18.4. The lowest BCUT2D eigenvalue weighted by molar-refractivity contribution is -0.142. The lowest BCUT2D eigenvalue weighted by Crippen LogP contribution is -2.48. The van der Waals surface area contributed by atoms with E-state index in [2.05, 4.69) is 32.2 Å². The number of aromatic nitrogens is 1. The van der Waals surface area contributed by atoms with Crippen molar-refractivity contribution in [2.24, 2.45) is 0 Å². The Morgan fingerprint density at radius 1 is 1.19 bits per heavy atom. The van der Waals surface area contributed by atoms with Gasteiger partial charge >= 0.3 is 5.97 Å². The van der Waals surface area contributed by atoms with Crippen LogP contribution in [0.3, 0.4) is 0 Å². The van der Waals surface area contributed by atoms with Crippen LogP contribution in [0.25, 0.3) is 0 Å². The zero-order valence-corrected chi connectivity index (χ0v) is 14.7. The van der Waals surface area contributed by atoms with Crippen LogP contribution in [0.15, 0.2) is 42.5 Å². The van der Waals surface area contributed by atoms with Gasteiger partial charge in [-0.3, -0.25) is 9.69 Å². The van der Waals surface area contributed by atoms with Crippen molar-refractivity contribution in [2.45, 2.75) is 0 Å². The van der Waals surface area contributed by atoms with Crippen LogP contribution in [0.5, 0.6) is 0 Å². The first-order valence-corrected chi connectivity index (χ1v) is 8.46. The number of hydrogen-bond donors (Lipinski definition) is 1. The van der Waals surface area contributed by atoms with Crippen LogP contribution < -0.4 is 10.2 Å². The maximum Gasteiger partial charge on any atom is 0.319 e. The molecule has 1 N–H and O–H groups in total. The highest BCUT2D eigenvalue weighted by molar-refractivity contribution is 5.71. The maximum absolute atomic E-state index is 11.4. The topological polar surface area (TPSA) is 81.5 Å². The summed E-state index contributed by atoms with van der Waals surface area (Å²) in [5, 5.41) is 12.1. The molecular weight excluding hydrogens is 330 g/mol. The predicted molar refractivity (Wildman–Crippen MR) is 99.3 cm³/mol. The fraction of sp³-hybridized carbons (Fsp3) is 0.316. The largest absolute Gasteiger partial charge is 0.468 e. The van der Waals surface area contributed by atoms with E-state index >= 15 is 0 Å². The Hall–Kier alpha value is -3.11. The van der Waals surface area contributed by atoms with Gasteiger partial charge in [-0.1, -0.05) is 6.07 Å². The van der Waals surface area contributed by atoms with Crippen molar-refractivity contribution < 1.29 is 9.53 Å². The zero-order valence-electron chi connectivity index (χ0n) is 14.7. The molecule has 0 aliphatic carbocycles. The van der Waals surface area contributed by atoms with E-state index in [0.717, 1.165) is 37.6 Å². The molecule has 2 heterocycles. The molecule has 26 heavy (non-hydrogen) atoms. The molecule has 0 atom stereocenters. The molecule has 2 aromatic rings. The summed E-state index contributed by atoms with van der Waals surface area (Å²) in [7, 11) is 1.42. The molecule has 0 unspecified atom stereocenters. The molecule has 1 aromatic carbocycles. The summed E-state index contributed by atoms with van der Waals surface area (Å²) in [5.74, 6) is 0.455. The lowest BCUT2D eigenvalue weighted by Gasteiger charge is -2.35. The Balaban J connectivity index is 1.56. The Morgan fingerprint density at radius 2 is 1.92 bits per heavy atom. The van der Waals surface area contributed by atoms with Gasteiger partial charge < -0.3 is 15.0 Å². The second kappa shape index (κ2) is 8.32. The van der Waals surface area contributed by atoms with Crippen LogP contribution in [0.4, 0.5) is 17.2 Å². The van der Waals surface area contributed by atoms with E-state index in [1.807, 2.05) is 24.3 Å². The van der Waals surface area contributed by atoms with Gasteiger partial charge in [-0.05, 0) is 36.4 Å². The van der Waals surface area contributed by atoms with Gasteiger partial charge in [0.2, 0.25) is 0 Å². The van der Waals surface area contributed by atoms with Crippen molar-refractivity contribution in [1.82, 2.24) is 9.88 Å². The van der Waals surface area contributed by atoms with Gasteiger partial charge in [0.25, 0.3) is 0 Å². The number of hydrogen-bond acceptors (Lipinski definition) is 7. The minimum absolute atomic E-state index is 0.192. The van der Waals surface area contributed by atoms with Crippen molar-refractivity contribution in [1.29, 1.82) is 5.26 Å². The quantitative estimate of drug-likeness (QED) is 0.825. The van der Waals surface area contributed by atoms with E-state index in [4.69, 9.17) is 10.00 Å². The number of nitrogens with zero attached hydrogens (tertiary/aromatic N) is 4. The normalized spacial score (nSPS) is 14.5. The van der Waals surface area contributed by atoms with E-state index in [9.17, 15) is 4.79 Å². The smallest absolute Gasteiger partial charge is 0.319 e. The molecule has 1 saturated heterocycles. The molecule has 0 radical (unpaired) electrons. The Kier molecular flexibility index (Phi) is 5.66. The summed E-state index contributed by atoms with van der Waals surface area (Å²) < 4.78 is 4.72. The third-order valence-corrected chi connectivity index (χ3v) is 4.32. The molecule has 1 aliphatic rings. The number of benzene rings is 1. The van der Waals surface area contributed by atoms with E-state index in [0.29, 0.717) is 18.1 Å². The molecule has 7 heteroatoms. The summed E-state index contributed by atoms with van der Waals surface area (Å²) in [5.41, 5.74) is 2.45. The molecule has 1 fully saturated rings. The molecule has 0 bridgehead atoms. The van der Waals surface area contributed by atoms with Gasteiger partial charge in [0.05, 0.1) is 13.7 Å². The number of esters is 1. The van der Waals surface area contributed by atoms with Gasteiger partial charge in [0, 0.05) is 37.6 Å². The van der Waals surface area contributed by atoms with Crippen LogP contribution in [0.2, 0.25) is 0 Å². The van der Waals surface area contributed by atoms with Crippen molar-refractivity contribution in [3.63, 3.8) is 0 Å². The van der Waals surface area contributed by atoms with E-state index in [1.54, 1.807) is 12.1 Å². The average Bonchev–Trinajstić information content (AvgIpc) is 2.69. The highest BCUT2D eigenvalue weighted by Gasteiger charge is 2.19. The van der Waals surface area contributed by atoms with Crippen molar-refractivity contribution in [2.75, 3.05) is 50.1 Å². The fourth-order valence-corrected chi connectivity index (χ4v) is 2.88. The second-order valence-corrected chi connectivity index (χ2v) is 6.03. The van der Waals surface area contributed by atoms with Crippen LogP contribution in [-0.2, 0) is 9.53 Å². The fourth-order valence-electron chi connectivity index (χ4n) is 2.88. The minimum atomic E-state index is -0.192. The number of piperazine rings is 1. The van der Waals surface area contributed by atoms with Gasteiger partial charge in [-0.25, -0.2) is 4.98 Å². The van der Waals surface area contributed by atoms with Gasteiger partial charge in [0.1, 0.15) is 17.6 Å². The first-order valence-electron chi connectivity index (χ1n) is 8.46. The number of methoxy groups -OCH3 is 1. The second-order valence-electron chi connectivity index (χ2n) is 6.03. The molecule has 134 valence electrons. The van der Waals surface area contributed by atoms with Gasteiger partial charge in [-0.15, -0.1) is 0 Å². The number of carbonyl (C=O) groups is 1. The third kappa shape index (κ3) is 4.49. The highest BCUT2D eigenvalue weighted by atomic mass is 16.5. The van der Waals surface area contributed by atoms with Crippen LogP contribution in [0, 0.1) is 11.3 Å². The molecular formula is C19H21N5O2. The van der Waals surface area contributed by atoms with E-state index in [1.165, 1.54) is 7.11 Å². The molecule has 1 aromatic heterocycles. The van der Waals surface area contributed by atoms with Crippen LogP contribution >= 0.6 is 0 Å².